The monoisotopic (exact) mass is 192 g/mol. The maximum Gasteiger partial charge on any atom is 0.0704 e. The standard InChI is InChI=1S/C10H12N2S/c1-8(10-4-3-7-13-10)9-5-6-12(2)11-9/h3-8H,1-2H3. The van der Waals surface area contributed by atoms with E-state index in [-0.39, 0.29) is 0 Å². The van der Waals surface area contributed by atoms with Gasteiger partial charge in [0.05, 0.1) is 5.69 Å². The molecule has 0 fully saturated rings. The molecule has 1 atom stereocenters. The minimum atomic E-state index is 0.418. The highest BCUT2D eigenvalue weighted by Crippen LogP contribution is 2.25. The zero-order valence-electron chi connectivity index (χ0n) is 7.77. The Kier molecular flexibility index (Phi) is 2.19. The van der Waals surface area contributed by atoms with E-state index in [1.165, 1.54) is 4.88 Å². The first-order valence-electron chi connectivity index (χ1n) is 4.30. The Balaban J connectivity index is 2.28. The van der Waals surface area contributed by atoms with Crippen LogP contribution in [0.1, 0.15) is 23.4 Å². The summed E-state index contributed by atoms with van der Waals surface area (Å²) in [5, 5.41) is 6.50. The molecule has 13 heavy (non-hydrogen) atoms. The molecule has 0 saturated carbocycles. The van der Waals surface area contributed by atoms with Gasteiger partial charge in [-0.15, -0.1) is 11.3 Å². The zero-order valence-corrected chi connectivity index (χ0v) is 8.58. The predicted octanol–water partition coefficient (Wildman–Crippen LogP) is 2.63. The van der Waals surface area contributed by atoms with Gasteiger partial charge in [-0.3, -0.25) is 4.68 Å². The Morgan fingerprint density at radius 3 is 2.85 bits per heavy atom. The first-order chi connectivity index (χ1) is 6.27. The molecule has 0 aliphatic heterocycles. The van der Waals surface area contributed by atoms with Crippen molar-refractivity contribution in [2.45, 2.75) is 12.8 Å². The minimum Gasteiger partial charge on any atom is -0.276 e. The van der Waals surface area contributed by atoms with E-state index in [4.69, 9.17) is 0 Å². The Hall–Kier alpha value is -1.09. The van der Waals surface area contributed by atoms with Gasteiger partial charge in [0, 0.05) is 24.0 Å². The summed E-state index contributed by atoms with van der Waals surface area (Å²) in [6.45, 7) is 2.19. The molecular weight excluding hydrogens is 180 g/mol. The number of nitrogens with zero attached hydrogens (tertiary/aromatic N) is 2. The van der Waals surface area contributed by atoms with Gasteiger partial charge in [0.25, 0.3) is 0 Å². The van der Waals surface area contributed by atoms with Crippen molar-refractivity contribution in [2.75, 3.05) is 0 Å². The summed E-state index contributed by atoms with van der Waals surface area (Å²) in [4.78, 5) is 1.37. The van der Waals surface area contributed by atoms with Crippen molar-refractivity contribution in [1.29, 1.82) is 0 Å². The molecule has 0 saturated heterocycles. The van der Waals surface area contributed by atoms with Crippen LogP contribution in [0, 0.1) is 0 Å². The van der Waals surface area contributed by atoms with Gasteiger partial charge in [-0.05, 0) is 17.5 Å². The van der Waals surface area contributed by atoms with Gasteiger partial charge in [0.2, 0.25) is 0 Å². The van der Waals surface area contributed by atoms with E-state index in [1.54, 1.807) is 11.3 Å². The normalized spacial score (nSPS) is 13.1. The predicted molar refractivity (Wildman–Crippen MR) is 55.0 cm³/mol. The lowest BCUT2D eigenvalue weighted by atomic mass is 10.1. The lowest BCUT2D eigenvalue weighted by molar-refractivity contribution is 0.728. The third kappa shape index (κ3) is 1.65. The van der Waals surface area contributed by atoms with Gasteiger partial charge in [0.1, 0.15) is 0 Å². The third-order valence-corrected chi connectivity index (χ3v) is 3.20. The van der Waals surface area contributed by atoms with Gasteiger partial charge < -0.3 is 0 Å². The fourth-order valence-corrected chi connectivity index (χ4v) is 2.14. The summed E-state index contributed by atoms with van der Waals surface area (Å²) in [7, 11) is 1.95. The second-order valence-corrected chi connectivity index (χ2v) is 4.13. The molecule has 0 N–H and O–H groups in total. The average molecular weight is 192 g/mol. The molecule has 0 bridgehead atoms. The highest BCUT2D eigenvalue weighted by Gasteiger charge is 2.11. The third-order valence-electron chi connectivity index (χ3n) is 2.15. The maximum atomic E-state index is 4.39. The van der Waals surface area contributed by atoms with Crippen molar-refractivity contribution in [2.24, 2.45) is 7.05 Å². The number of hydrogen-bond acceptors (Lipinski definition) is 2. The Labute approximate surface area is 81.8 Å². The van der Waals surface area contributed by atoms with E-state index in [1.807, 2.05) is 17.9 Å². The smallest absolute Gasteiger partial charge is 0.0704 e. The fourth-order valence-electron chi connectivity index (χ4n) is 1.35. The molecule has 1 unspecified atom stereocenters. The van der Waals surface area contributed by atoms with Crippen molar-refractivity contribution in [1.82, 2.24) is 9.78 Å². The van der Waals surface area contributed by atoms with Gasteiger partial charge in [-0.25, -0.2) is 0 Å². The van der Waals surface area contributed by atoms with Crippen molar-refractivity contribution in [3.63, 3.8) is 0 Å². The number of hydrogen-bond donors (Lipinski definition) is 0. The molecular formula is C10H12N2S. The van der Waals surface area contributed by atoms with Crippen LogP contribution < -0.4 is 0 Å². The molecule has 0 aliphatic carbocycles. The molecule has 0 radical (unpaired) electrons. The quantitative estimate of drug-likeness (QED) is 0.715. The molecule has 2 aromatic heterocycles. The molecule has 2 nitrogen and oxygen atoms in total. The molecule has 68 valence electrons. The van der Waals surface area contributed by atoms with Gasteiger partial charge in [-0.2, -0.15) is 5.10 Å². The second-order valence-electron chi connectivity index (χ2n) is 3.15. The summed E-state index contributed by atoms with van der Waals surface area (Å²) < 4.78 is 1.85. The summed E-state index contributed by atoms with van der Waals surface area (Å²) in [5.74, 6) is 0.418. The Morgan fingerprint density at radius 2 is 2.31 bits per heavy atom. The van der Waals surface area contributed by atoms with E-state index in [2.05, 4.69) is 35.6 Å². The molecule has 2 heterocycles. The van der Waals surface area contributed by atoms with Crippen molar-refractivity contribution in [3.8, 4) is 0 Å². The van der Waals surface area contributed by atoms with Gasteiger partial charge in [0.15, 0.2) is 0 Å². The lowest BCUT2D eigenvalue weighted by Crippen LogP contribution is -1.96. The number of thiophene rings is 1. The van der Waals surface area contributed by atoms with Crippen LogP contribution in [0.25, 0.3) is 0 Å². The van der Waals surface area contributed by atoms with Crippen LogP contribution in [0.15, 0.2) is 29.8 Å². The molecule has 2 aromatic rings. The summed E-state index contributed by atoms with van der Waals surface area (Å²) >= 11 is 1.79. The van der Waals surface area contributed by atoms with Gasteiger partial charge >= 0.3 is 0 Å². The highest BCUT2D eigenvalue weighted by atomic mass is 32.1. The number of rotatable bonds is 2. The fraction of sp³-hybridized carbons (Fsp3) is 0.300. The second kappa shape index (κ2) is 3.34. The van der Waals surface area contributed by atoms with Crippen LogP contribution in [0.4, 0.5) is 0 Å². The molecule has 0 aromatic carbocycles. The molecule has 3 heteroatoms. The largest absolute Gasteiger partial charge is 0.276 e. The van der Waals surface area contributed by atoms with Gasteiger partial charge in [-0.1, -0.05) is 13.0 Å². The van der Waals surface area contributed by atoms with Crippen molar-refractivity contribution < 1.29 is 0 Å². The SMILES string of the molecule is CC(c1ccn(C)n1)c1cccs1. The van der Waals surface area contributed by atoms with Crippen LogP contribution in [0.5, 0.6) is 0 Å². The van der Waals surface area contributed by atoms with Crippen LogP contribution in [-0.2, 0) is 7.05 Å². The van der Waals surface area contributed by atoms with E-state index in [0.29, 0.717) is 5.92 Å². The molecule has 2 rings (SSSR count). The topological polar surface area (TPSA) is 17.8 Å². The first kappa shape index (κ1) is 8.51. The maximum absolute atomic E-state index is 4.39. The van der Waals surface area contributed by atoms with Crippen molar-refractivity contribution in [3.05, 3.63) is 40.3 Å². The van der Waals surface area contributed by atoms with E-state index in [9.17, 15) is 0 Å². The summed E-state index contributed by atoms with van der Waals surface area (Å²) in [5.41, 5.74) is 1.14. The highest BCUT2D eigenvalue weighted by molar-refractivity contribution is 7.10. The van der Waals surface area contributed by atoms with Crippen LogP contribution in [0.2, 0.25) is 0 Å². The molecule has 0 spiro atoms. The summed E-state index contributed by atoms with van der Waals surface area (Å²) in [6, 6.07) is 6.31. The lowest BCUT2D eigenvalue weighted by Gasteiger charge is -2.04. The number of aromatic nitrogens is 2. The van der Waals surface area contributed by atoms with E-state index >= 15 is 0 Å². The van der Waals surface area contributed by atoms with Crippen LogP contribution in [-0.4, -0.2) is 9.78 Å². The van der Waals surface area contributed by atoms with Crippen molar-refractivity contribution >= 4 is 11.3 Å². The minimum absolute atomic E-state index is 0.418. The van der Waals surface area contributed by atoms with E-state index in [0.717, 1.165) is 5.69 Å². The average Bonchev–Trinajstić information content (AvgIpc) is 2.72. The Bertz CT molecular complexity index is 375. The van der Waals surface area contributed by atoms with Crippen LogP contribution >= 0.6 is 11.3 Å². The van der Waals surface area contributed by atoms with Crippen LogP contribution in [0.3, 0.4) is 0 Å². The first-order valence-corrected chi connectivity index (χ1v) is 5.18. The molecule has 0 amide bonds. The Morgan fingerprint density at radius 1 is 1.46 bits per heavy atom. The molecule has 0 aliphatic rings. The summed E-state index contributed by atoms with van der Waals surface area (Å²) in [6.07, 6.45) is 1.99. The number of aryl methyl sites for hydroxylation is 1. The zero-order chi connectivity index (χ0) is 9.26. The van der Waals surface area contributed by atoms with E-state index < -0.39 is 0 Å².